The van der Waals surface area contributed by atoms with E-state index < -0.39 is 16.3 Å². The zero-order valence-electron chi connectivity index (χ0n) is 7.95. The number of hydrogen-bond acceptors (Lipinski definition) is 3. The third-order valence-electron chi connectivity index (χ3n) is 1.83. The third kappa shape index (κ3) is 1.88. The molecule has 5 heteroatoms. The maximum atomic E-state index is 13.3. The summed E-state index contributed by atoms with van der Waals surface area (Å²) in [4.78, 5) is 9.97. The Bertz CT molecular complexity index is 372. The fraction of sp³-hybridized carbons (Fsp3) is 0.333. The summed E-state index contributed by atoms with van der Waals surface area (Å²) < 4.78 is 13.3. The minimum atomic E-state index is -1.06. The second-order valence-electron chi connectivity index (χ2n) is 3.61. The van der Waals surface area contributed by atoms with Crippen LogP contribution in [0.2, 0.25) is 0 Å². The van der Waals surface area contributed by atoms with Gasteiger partial charge in [0.2, 0.25) is 0 Å². The van der Waals surface area contributed by atoms with Crippen molar-refractivity contribution in [2.24, 2.45) is 5.73 Å². The molecule has 0 heterocycles. The van der Waals surface area contributed by atoms with Gasteiger partial charge >= 0.3 is 0 Å². The van der Waals surface area contributed by atoms with Gasteiger partial charge < -0.3 is 5.73 Å². The van der Waals surface area contributed by atoms with Crippen molar-refractivity contribution in [3.05, 3.63) is 39.7 Å². The van der Waals surface area contributed by atoms with Crippen molar-refractivity contribution in [2.75, 3.05) is 0 Å². The summed E-state index contributed by atoms with van der Waals surface area (Å²) in [6.45, 7) is 3.05. The second kappa shape index (κ2) is 3.34. The molecule has 0 saturated heterocycles. The van der Waals surface area contributed by atoms with Crippen LogP contribution in [0.25, 0.3) is 0 Å². The van der Waals surface area contributed by atoms with Crippen LogP contribution in [0.1, 0.15) is 19.4 Å². The summed E-state index contributed by atoms with van der Waals surface area (Å²) in [7, 11) is 0. The first-order chi connectivity index (χ1) is 6.34. The fourth-order valence-corrected chi connectivity index (χ4v) is 1.30. The Hall–Kier alpha value is -1.49. The van der Waals surface area contributed by atoms with Gasteiger partial charge in [0.25, 0.3) is 5.69 Å². The van der Waals surface area contributed by atoms with E-state index in [9.17, 15) is 14.5 Å². The molecule has 0 bridgehead atoms. The Morgan fingerprint density at radius 2 is 2.07 bits per heavy atom. The molecule has 0 atom stereocenters. The Morgan fingerprint density at radius 1 is 1.50 bits per heavy atom. The number of nitrogens with two attached hydrogens (primary N) is 1. The molecule has 0 aromatic heterocycles. The Balaban J connectivity index is 3.45. The van der Waals surface area contributed by atoms with Crippen molar-refractivity contribution in [1.29, 1.82) is 0 Å². The van der Waals surface area contributed by atoms with Gasteiger partial charge in [-0.3, -0.25) is 10.1 Å². The molecule has 0 unspecified atom stereocenters. The minimum absolute atomic E-state index is 0.0648. The van der Waals surface area contributed by atoms with E-state index in [1.165, 1.54) is 26.0 Å². The SMILES string of the molecule is CC(C)(N)c1c(F)cccc1[N+](=O)[O-]. The molecule has 1 aromatic rings. The van der Waals surface area contributed by atoms with Gasteiger partial charge in [-0.25, -0.2) is 4.39 Å². The second-order valence-corrected chi connectivity index (χ2v) is 3.61. The zero-order valence-corrected chi connectivity index (χ0v) is 7.95. The van der Waals surface area contributed by atoms with Gasteiger partial charge in [-0.15, -0.1) is 0 Å². The molecule has 0 fully saturated rings. The monoisotopic (exact) mass is 198 g/mol. The van der Waals surface area contributed by atoms with Crippen molar-refractivity contribution in [2.45, 2.75) is 19.4 Å². The van der Waals surface area contributed by atoms with E-state index in [0.29, 0.717) is 0 Å². The maximum Gasteiger partial charge on any atom is 0.277 e. The summed E-state index contributed by atoms with van der Waals surface area (Å²) >= 11 is 0. The van der Waals surface area contributed by atoms with Crippen molar-refractivity contribution in [1.82, 2.24) is 0 Å². The van der Waals surface area contributed by atoms with Gasteiger partial charge in [-0.1, -0.05) is 6.07 Å². The molecule has 76 valence electrons. The van der Waals surface area contributed by atoms with Crippen LogP contribution in [0.15, 0.2) is 18.2 Å². The van der Waals surface area contributed by atoms with Gasteiger partial charge in [-0.05, 0) is 19.9 Å². The van der Waals surface area contributed by atoms with Crippen LogP contribution in [0, 0.1) is 15.9 Å². The van der Waals surface area contributed by atoms with Crippen LogP contribution in [0.3, 0.4) is 0 Å². The molecular weight excluding hydrogens is 187 g/mol. The van der Waals surface area contributed by atoms with Crippen molar-refractivity contribution in [3.8, 4) is 0 Å². The predicted octanol–water partition coefficient (Wildman–Crippen LogP) is 1.93. The average Bonchev–Trinajstić information content (AvgIpc) is 2.01. The number of nitro groups is 1. The highest BCUT2D eigenvalue weighted by Gasteiger charge is 2.28. The Labute approximate surface area is 80.7 Å². The van der Waals surface area contributed by atoms with E-state index in [1.54, 1.807) is 0 Å². The smallest absolute Gasteiger partial charge is 0.277 e. The zero-order chi connectivity index (χ0) is 10.9. The molecule has 2 N–H and O–H groups in total. The topological polar surface area (TPSA) is 69.2 Å². The number of hydrogen-bond donors (Lipinski definition) is 1. The van der Waals surface area contributed by atoms with Crippen molar-refractivity contribution in [3.63, 3.8) is 0 Å². The molecule has 1 aromatic carbocycles. The summed E-state index contributed by atoms with van der Waals surface area (Å²) in [6.07, 6.45) is 0. The number of nitrogens with zero attached hydrogens (tertiary/aromatic N) is 1. The van der Waals surface area contributed by atoms with Crippen molar-refractivity contribution < 1.29 is 9.31 Å². The standard InChI is InChI=1S/C9H11FN2O2/c1-9(2,11)8-6(10)4-3-5-7(8)12(13)14/h3-5H,11H2,1-2H3. The highest BCUT2D eigenvalue weighted by molar-refractivity contribution is 5.44. The summed E-state index contributed by atoms with van der Waals surface area (Å²) in [6, 6.07) is 3.70. The third-order valence-corrected chi connectivity index (χ3v) is 1.83. The van der Waals surface area contributed by atoms with Gasteiger partial charge in [-0.2, -0.15) is 0 Å². The lowest BCUT2D eigenvalue weighted by molar-refractivity contribution is -0.386. The van der Waals surface area contributed by atoms with Gasteiger partial charge in [0, 0.05) is 11.6 Å². The summed E-state index contributed by atoms with van der Waals surface area (Å²) in [5.41, 5.74) is 4.25. The molecule has 0 amide bonds. The maximum absolute atomic E-state index is 13.3. The molecule has 4 nitrogen and oxygen atoms in total. The fourth-order valence-electron chi connectivity index (χ4n) is 1.30. The average molecular weight is 198 g/mol. The highest BCUT2D eigenvalue weighted by Crippen LogP contribution is 2.29. The van der Waals surface area contributed by atoms with Gasteiger partial charge in [0.05, 0.1) is 10.5 Å². The van der Waals surface area contributed by atoms with Crippen LogP contribution >= 0.6 is 0 Å². The normalized spacial score (nSPS) is 11.4. The predicted molar refractivity (Wildman–Crippen MR) is 50.3 cm³/mol. The molecule has 14 heavy (non-hydrogen) atoms. The molecule has 0 aliphatic rings. The van der Waals surface area contributed by atoms with Gasteiger partial charge in [0.1, 0.15) is 5.82 Å². The minimum Gasteiger partial charge on any atom is -0.322 e. The van der Waals surface area contributed by atoms with Crippen LogP contribution in [-0.4, -0.2) is 4.92 Å². The molecule has 0 radical (unpaired) electrons. The first kappa shape index (κ1) is 10.6. The molecule has 1 rings (SSSR count). The van der Waals surface area contributed by atoms with Crippen LogP contribution in [-0.2, 0) is 5.54 Å². The van der Waals surface area contributed by atoms with E-state index in [0.717, 1.165) is 6.07 Å². The summed E-state index contributed by atoms with van der Waals surface area (Å²) in [5.74, 6) is -0.647. The lowest BCUT2D eigenvalue weighted by atomic mass is 9.93. The molecule has 0 spiro atoms. The lowest BCUT2D eigenvalue weighted by Crippen LogP contribution is -2.30. The quantitative estimate of drug-likeness (QED) is 0.583. The molecule has 0 saturated carbocycles. The largest absolute Gasteiger partial charge is 0.322 e. The Kier molecular flexibility index (Phi) is 2.53. The summed E-state index contributed by atoms with van der Waals surface area (Å²) in [5, 5.41) is 10.6. The highest BCUT2D eigenvalue weighted by atomic mass is 19.1. The van der Waals surface area contributed by atoms with E-state index in [1.807, 2.05) is 0 Å². The van der Waals surface area contributed by atoms with E-state index in [-0.39, 0.29) is 11.3 Å². The van der Waals surface area contributed by atoms with E-state index in [4.69, 9.17) is 5.73 Å². The first-order valence-electron chi connectivity index (χ1n) is 4.06. The van der Waals surface area contributed by atoms with E-state index in [2.05, 4.69) is 0 Å². The van der Waals surface area contributed by atoms with Gasteiger partial charge in [0.15, 0.2) is 0 Å². The number of halogens is 1. The molecule has 0 aliphatic heterocycles. The van der Waals surface area contributed by atoms with Crippen LogP contribution in [0.4, 0.5) is 10.1 Å². The molecular formula is C9H11FN2O2. The number of rotatable bonds is 2. The number of nitro benzene ring substituents is 1. The molecule has 0 aliphatic carbocycles. The van der Waals surface area contributed by atoms with E-state index >= 15 is 0 Å². The first-order valence-corrected chi connectivity index (χ1v) is 4.06. The van der Waals surface area contributed by atoms with Crippen LogP contribution in [0.5, 0.6) is 0 Å². The van der Waals surface area contributed by atoms with Crippen LogP contribution < -0.4 is 5.73 Å². The number of benzene rings is 1. The Morgan fingerprint density at radius 3 is 2.43 bits per heavy atom. The lowest BCUT2D eigenvalue weighted by Gasteiger charge is -2.19. The van der Waals surface area contributed by atoms with Crippen molar-refractivity contribution >= 4 is 5.69 Å².